The number of sulfone groups is 1. The van der Waals surface area contributed by atoms with E-state index in [4.69, 9.17) is 18.9 Å². The predicted molar refractivity (Wildman–Crippen MR) is 257 cm³/mol. The summed E-state index contributed by atoms with van der Waals surface area (Å²) >= 11 is 0. The average Bonchev–Trinajstić information content (AvgIpc) is 3.79. The van der Waals surface area contributed by atoms with E-state index in [1.807, 2.05) is 0 Å². The Morgan fingerprint density at radius 2 is 1.53 bits per heavy atom. The first-order chi connectivity index (χ1) is 33.9. The van der Waals surface area contributed by atoms with Crippen LogP contribution in [0.5, 0.6) is 17.4 Å². The fourth-order valence-corrected chi connectivity index (χ4v) is 12.7. The quantitative estimate of drug-likeness (QED) is 0.0918. The molecule has 9 rings (SSSR count). The molecular weight excluding hydrogens is 969 g/mol. The monoisotopic (exact) mass is 1030 g/mol. The van der Waals surface area contributed by atoms with Gasteiger partial charge in [-0.2, -0.15) is 13.2 Å². The molecule has 72 heavy (non-hydrogen) atoms. The molecule has 386 valence electrons. The molecule has 3 saturated heterocycles. The maximum Gasteiger partial charge on any atom is 0.417 e. The number of halogens is 6. The van der Waals surface area contributed by atoms with Gasteiger partial charge >= 0.3 is 12.3 Å². The van der Waals surface area contributed by atoms with Gasteiger partial charge in [0.25, 0.3) is 0 Å². The van der Waals surface area contributed by atoms with E-state index >= 15 is 26.3 Å². The minimum atomic E-state index is -5.28. The van der Waals surface area contributed by atoms with Crippen molar-refractivity contribution in [2.45, 2.75) is 121 Å². The Kier molecular flexibility index (Phi) is 13.2. The number of hydrogen-bond donors (Lipinski definition) is 0. The average molecular weight is 1030 g/mol. The Hall–Kier alpha value is -6.09. The summed E-state index contributed by atoms with van der Waals surface area (Å²) in [5, 5.41) is -1.05. The summed E-state index contributed by atoms with van der Waals surface area (Å²) in [7, 11) is -1.62. The van der Waals surface area contributed by atoms with Crippen LogP contribution in [-0.2, 0) is 33.8 Å². The van der Waals surface area contributed by atoms with Crippen LogP contribution in [-0.4, -0.2) is 121 Å². The highest BCUT2D eigenvalue weighted by atomic mass is 32.2. The number of carbonyl (C=O) groups excluding carboxylic acids is 1. The molecule has 14 nitrogen and oxygen atoms in total. The van der Waals surface area contributed by atoms with E-state index in [1.165, 1.54) is 24.0 Å². The maximum atomic E-state index is 18.1. The number of anilines is 2. The van der Waals surface area contributed by atoms with Crippen molar-refractivity contribution in [1.82, 2.24) is 24.8 Å². The van der Waals surface area contributed by atoms with Crippen molar-refractivity contribution < 1.29 is 58.5 Å². The van der Waals surface area contributed by atoms with E-state index in [2.05, 4.69) is 15.0 Å². The highest BCUT2D eigenvalue weighted by Crippen LogP contribution is 2.49. The standard InChI is InChI=1S/C51H57F6N7O7S/c1-28-39(51(55,56)57)36(22-37(40(28)53)61(24-31-10-14-34(68-7)15-11-31)25-32-12-16-35(69-8)17-13-32)42-41(54)43-38-45(60-47(59-43)72(66,67)27-50-18-9-19-62(50)26-33(52)23-50)64-21-20-63(48(65)71-49(4,5)6)29(2)44(64)30(3)70-46(38)58-42/h10-17,22,29-30,33,44H,9,18-21,23-27H2,1-8H3/t29?,30?,33-,44?,50+/m1/s1. The number of alkyl halides is 4. The van der Waals surface area contributed by atoms with Gasteiger partial charge < -0.3 is 33.6 Å². The van der Waals surface area contributed by atoms with Gasteiger partial charge in [-0.05, 0) is 114 Å². The normalized spacial score (nSPS) is 22.3. The Morgan fingerprint density at radius 3 is 2.11 bits per heavy atom. The molecule has 3 aromatic carbocycles. The molecule has 3 unspecified atom stereocenters. The molecule has 21 heteroatoms. The molecule has 5 aromatic rings. The van der Waals surface area contributed by atoms with Gasteiger partial charge in [-0.25, -0.2) is 41.3 Å². The Morgan fingerprint density at radius 1 is 0.903 bits per heavy atom. The number of benzene rings is 3. The van der Waals surface area contributed by atoms with Crippen LogP contribution in [0.3, 0.4) is 0 Å². The molecule has 4 aliphatic heterocycles. The molecule has 0 spiro atoms. The SMILES string of the molecule is COc1ccc(CN(Cc2ccc(OC)cc2)c2cc(-c3nc4c5c(nc(S(=O)(=O)C[C@@]67CCCN6C[C@H](F)C7)nc5c3F)N3CCN(C(=O)OC(C)(C)C)C(C)C3C(C)O4)c(C(F)(F)F)c(C)c2F)cc1. The molecule has 5 atom stereocenters. The molecule has 4 aliphatic rings. The van der Waals surface area contributed by atoms with E-state index in [0.29, 0.717) is 42.0 Å². The van der Waals surface area contributed by atoms with Crippen LogP contribution >= 0.6 is 0 Å². The van der Waals surface area contributed by atoms with Crippen molar-refractivity contribution >= 4 is 38.3 Å². The van der Waals surface area contributed by atoms with Crippen LogP contribution < -0.4 is 24.0 Å². The second kappa shape index (κ2) is 18.8. The Balaban J connectivity index is 1.26. The van der Waals surface area contributed by atoms with Gasteiger partial charge in [-0.3, -0.25) is 4.90 Å². The number of nitrogens with zero attached hydrogens (tertiary/aromatic N) is 7. The van der Waals surface area contributed by atoms with Crippen LogP contribution in [0, 0.1) is 18.6 Å². The van der Waals surface area contributed by atoms with Gasteiger partial charge in [-0.1, -0.05) is 24.3 Å². The third-order valence-corrected chi connectivity index (χ3v) is 15.9. The van der Waals surface area contributed by atoms with E-state index in [9.17, 15) is 13.2 Å². The molecule has 1 amide bonds. The zero-order chi connectivity index (χ0) is 51.8. The number of carbonyl (C=O) groups is 1. The molecule has 0 N–H and O–H groups in total. The smallest absolute Gasteiger partial charge is 0.417 e. The Bertz CT molecular complexity index is 2970. The second-order valence-corrected chi connectivity index (χ2v) is 22.1. The largest absolute Gasteiger partial charge is 0.497 e. The molecular formula is C51H57F6N7O7S. The van der Waals surface area contributed by atoms with E-state index < -0.39 is 114 Å². The number of hydrogen-bond acceptors (Lipinski definition) is 13. The number of pyridine rings is 1. The predicted octanol–water partition coefficient (Wildman–Crippen LogP) is 9.47. The maximum absolute atomic E-state index is 18.1. The first-order valence-corrected chi connectivity index (χ1v) is 25.4. The molecule has 3 fully saturated rings. The summed E-state index contributed by atoms with van der Waals surface area (Å²) < 4.78 is 149. The summed E-state index contributed by atoms with van der Waals surface area (Å²) in [4.78, 5) is 33.6. The highest BCUT2D eigenvalue weighted by molar-refractivity contribution is 7.91. The number of rotatable bonds is 11. The summed E-state index contributed by atoms with van der Waals surface area (Å²) in [6.07, 6.45) is -7.23. The second-order valence-electron chi connectivity index (χ2n) is 20.2. The van der Waals surface area contributed by atoms with Crippen LogP contribution in [0.4, 0.5) is 42.6 Å². The molecule has 0 saturated carbocycles. The molecule has 6 heterocycles. The topological polar surface area (TPSA) is 140 Å². The van der Waals surface area contributed by atoms with E-state index in [1.54, 1.807) is 92.9 Å². The summed E-state index contributed by atoms with van der Waals surface area (Å²) in [6.45, 7) is 9.98. The van der Waals surface area contributed by atoms with Gasteiger partial charge in [0.2, 0.25) is 20.9 Å². The fraction of sp³-hybridized carbons (Fsp3) is 0.490. The Labute approximate surface area is 414 Å². The molecule has 0 radical (unpaired) electrons. The molecule has 2 aromatic heterocycles. The minimum absolute atomic E-state index is 0.00850. The van der Waals surface area contributed by atoms with E-state index in [-0.39, 0.29) is 56.0 Å². The lowest BCUT2D eigenvalue weighted by atomic mass is 9.95. The first kappa shape index (κ1) is 50.8. The van der Waals surface area contributed by atoms with Crippen molar-refractivity contribution in [3.63, 3.8) is 0 Å². The lowest BCUT2D eigenvalue weighted by molar-refractivity contribution is -0.137. The summed E-state index contributed by atoms with van der Waals surface area (Å²) in [5.74, 6) is -2.76. The first-order valence-electron chi connectivity index (χ1n) is 23.8. The van der Waals surface area contributed by atoms with Crippen molar-refractivity contribution in [3.05, 3.63) is 88.5 Å². The van der Waals surface area contributed by atoms with Gasteiger partial charge in [0.15, 0.2) is 5.82 Å². The lowest BCUT2D eigenvalue weighted by Gasteiger charge is -2.47. The lowest BCUT2D eigenvalue weighted by Crippen LogP contribution is -2.64. The van der Waals surface area contributed by atoms with Gasteiger partial charge in [0.05, 0.1) is 43.3 Å². The van der Waals surface area contributed by atoms with Crippen LogP contribution in [0.25, 0.3) is 22.2 Å². The van der Waals surface area contributed by atoms with Crippen molar-refractivity contribution in [1.29, 1.82) is 0 Å². The van der Waals surface area contributed by atoms with Crippen LogP contribution in [0.2, 0.25) is 0 Å². The number of ether oxygens (including phenoxy) is 4. The fourth-order valence-electron chi connectivity index (χ4n) is 11.0. The molecule has 0 aliphatic carbocycles. The van der Waals surface area contributed by atoms with Crippen LogP contribution in [0.1, 0.15) is 76.1 Å². The van der Waals surface area contributed by atoms with Gasteiger partial charge in [0, 0.05) is 43.8 Å². The summed E-state index contributed by atoms with van der Waals surface area (Å²) in [6, 6.07) is 13.0. The third kappa shape index (κ3) is 9.41. The molecule has 0 bridgehead atoms. The number of aromatic nitrogens is 3. The summed E-state index contributed by atoms with van der Waals surface area (Å²) in [5.41, 5.74) is -5.90. The highest BCUT2D eigenvalue weighted by Gasteiger charge is 2.52. The zero-order valence-corrected chi connectivity index (χ0v) is 42.1. The number of methoxy groups -OCH3 is 2. The van der Waals surface area contributed by atoms with Crippen molar-refractivity contribution in [2.24, 2.45) is 0 Å². The minimum Gasteiger partial charge on any atom is -0.497 e. The number of fused-ring (bicyclic) bond motifs is 3. The van der Waals surface area contributed by atoms with Gasteiger partial charge in [-0.15, -0.1) is 0 Å². The van der Waals surface area contributed by atoms with Crippen LogP contribution in [0.15, 0.2) is 59.8 Å². The number of amides is 1. The van der Waals surface area contributed by atoms with Crippen molar-refractivity contribution in [3.8, 4) is 28.6 Å². The van der Waals surface area contributed by atoms with Crippen molar-refractivity contribution in [2.75, 3.05) is 56.0 Å². The number of piperazine rings is 1. The third-order valence-electron chi connectivity index (χ3n) is 14.2. The van der Waals surface area contributed by atoms with E-state index in [0.717, 1.165) is 13.0 Å². The van der Waals surface area contributed by atoms with Gasteiger partial charge in [0.1, 0.15) is 57.6 Å². The zero-order valence-electron chi connectivity index (χ0n) is 41.2.